The van der Waals surface area contributed by atoms with E-state index in [0.29, 0.717) is 11.6 Å². The highest BCUT2D eigenvalue weighted by Crippen LogP contribution is 2.34. The summed E-state index contributed by atoms with van der Waals surface area (Å²) in [5, 5.41) is 0. The van der Waals surface area contributed by atoms with Crippen molar-refractivity contribution in [2.45, 2.75) is 39.0 Å². The number of aromatic nitrogens is 1. The van der Waals surface area contributed by atoms with Crippen LogP contribution in [-0.2, 0) is 0 Å². The number of pyridine rings is 1. The van der Waals surface area contributed by atoms with Crippen LogP contribution in [0.4, 0.5) is 0 Å². The third-order valence-corrected chi connectivity index (χ3v) is 3.69. The lowest BCUT2D eigenvalue weighted by molar-refractivity contribution is 0.0815. The zero-order chi connectivity index (χ0) is 11.4. The predicted molar refractivity (Wildman–Crippen MR) is 64.3 cm³/mol. The van der Waals surface area contributed by atoms with E-state index in [1.54, 1.807) is 6.20 Å². The lowest BCUT2D eigenvalue weighted by Crippen LogP contribution is -2.27. The summed E-state index contributed by atoms with van der Waals surface area (Å²) in [6, 6.07) is 5.59. The number of carbonyl (C=O) groups is 1. The normalized spacial score (nSPS) is 25.3. The van der Waals surface area contributed by atoms with Crippen molar-refractivity contribution in [2.24, 2.45) is 11.8 Å². The van der Waals surface area contributed by atoms with Gasteiger partial charge in [-0.25, -0.2) is 0 Å². The van der Waals surface area contributed by atoms with Crippen molar-refractivity contribution in [2.75, 3.05) is 0 Å². The van der Waals surface area contributed by atoms with Gasteiger partial charge in [0.05, 0.1) is 0 Å². The van der Waals surface area contributed by atoms with Crippen LogP contribution >= 0.6 is 0 Å². The van der Waals surface area contributed by atoms with Crippen LogP contribution in [-0.4, -0.2) is 10.8 Å². The van der Waals surface area contributed by atoms with Crippen LogP contribution in [0.15, 0.2) is 24.4 Å². The Kier molecular flexibility index (Phi) is 3.70. The molecule has 2 unspecified atom stereocenters. The minimum Gasteiger partial charge on any atom is -0.292 e. The van der Waals surface area contributed by atoms with Crippen molar-refractivity contribution in [3.63, 3.8) is 0 Å². The number of Topliss-reactive ketones (excluding diaryl/α,β-unsaturated/α-hetero) is 1. The Morgan fingerprint density at radius 2 is 2.19 bits per heavy atom. The zero-order valence-electron chi connectivity index (χ0n) is 9.86. The summed E-state index contributed by atoms with van der Waals surface area (Å²) in [5.41, 5.74) is 0.646. The van der Waals surface area contributed by atoms with E-state index in [-0.39, 0.29) is 11.7 Å². The summed E-state index contributed by atoms with van der Waals surface area (Å²) in [5.74, 6) is 1.05. The molecular weight excluding hydrogens is 198 g/mol. The van der Waals surface area contributed by atoms with Gasteiger partial charge >= 0.3 is 0 Å². The molecule has 1 aliphatic carbocycles. The third kappa shape index (κ3) is 2.31. The molecule has 1 saturated carbocycles. The Bertz CT molecular complexity index is 347. The monoisotopic (exact) mass is 217 g/mol. The van der Waals surface area contributed by atoms with Crippen LogP contribution in [0.1, 0.15) is 49.5 Å². The van der Waals surface area contributed by atoms with Crippen molar-refractivity contribution in [3.05, 3.63) is 30.1 Å². The smallest absolute Gasteiger partial charge is 0.184 e. The van der Waals surface area contributed by atoms with E-state index >= 15 is 0 Å². The van der Waals surface area contributed by atoms with Gasteiger partial charge in [-0.2, -0.15) is 0 Å². The molecule has 2 nitrogen and oxygen atoms in total. The van der Waals surface area contributed by atoms with Crippen LogP contribution in [0, 0.1) is 11.8 Å². The topological polar surface area (TPSA) is 30.0 Å². The molecule has 16 heavy (non-hydrogen) atoms. The molecule has 0 amide bonds. The van der Waals surface area contributed by atoms with E-state index in [2.05, 4.69) is 11.9 Å². The van der Waals surface area contributed by atoms with Gasteiger partial charge in [-0.3, -0.25) is 9.78 Å². The summed E-state index contributed by atoms with van der Waals surface area (Å²) in [6.07, 6.45) is 7.55. The summed E-state index contributed by atoms with van der Waals surface area (Å²) in [7, 11) is 0. The number of nitrogens with zero attached hydrogens (tertiary/aromatic N) is 1. The van der Waals surface area contributed by atoms with E-state index < -0.39 is 0 Å². The number of ketones is 1. The van der Waals surface area contributed by atoms with Crippen molar-refractivity contribution in [3.8, 4) is 0 Å². The molecule has 2 atom stereocenters. The Labute approximate surface area is 97.1 Å². The predicted octanol–water partition coefficient (Wildman–Crippen LogP) is 3.48. The summed E-state index contributed by atoms with van der Waals surface area (Å²) >= 11 is 0. The fourth-order valence-corrected chi connectivity index (χ4v) is 2.74. The highest BCUT2D eigenvalue weighted by molar-refractivity contribution is 5.96. The van der Waals surface area contributed by atoms with Crippen LogP contribution in [0.2, 0.25) is 0 Å². The van der Waals surface area contributed by atoms with Crippen LogP contribution in [0.5, 0.6) is 0 Å². The first kappa shape index (κ1) is 11.3. The van der Waals surface area contributed by atoms with Crippen LogP contribution < -0.4 is 0 Å². The molecule has 0 saturated heterocycles. The lowest BCUT2D eigenvalue weighted by Gasteiger charge is -2.29. The molecule has 1 aromatic rings. The van der Waals surface area contributed by atoms with E-state index in [4.69, 9.17) is 0 Å². The minimum absolute atomic E-state index is 0.216. The molecular formula is C14H19NO. The van der Waals surface area contributed by atoms with Gasteiger partial charge in [0.25, 0.3) is 0 Å². The number of hydrogen-bond acceptors (Lipinski definition) is 2. The van der Waals surface area contributed by atoms with Gasteiger partial charge in [0.15, 0.2) is 5.78 Å². The quantitative estimate of drug-likeness (QED) is 0.725. The molecule has 1 heterocycles. The molecule has 2 heteroatoms. The summed E-state index contributed by atoms with van der Waals surface area (Å²) in [4.78, 5) is 16.5. The first-order chi connectivity index (χ1) is 7.83. The number of carbonyl (C=O) groups excluding carboxylic acids is 1. The Morgan fingerprint density at radius 1 is 1.38 bits per heavy atom. The van der Waals surface area contributed by atoms with Gasteiger partial charge in [-0.05, 0) is 30.9 Å². The van der Waals surface area contributed by atoms with Crippen molar-refractivity contribution >= 4 is 5.78 Å². The maximum Gasteiger partial charge on any atom is 0.184 e. The Hall–Kier alpha value is -1.18. The lowest BCUT2D eigenvalue weighted by atomic mass is 9.75. The van der Waals surface area contributed by atoms with Crippen molar-refractivity contribution in [1.82, 2.24) is 4.98 Å². The van der Waals surface area contributed by atoms with Gasteiger partial charge in [-0.15, -0.1) is 0 Å². The average Bonchev–Trinajstić information content (AvgIpc) is 2.39. The minimum atomic E-state index is 0.216. The first-order valence-corrected chi connectivity index (χ1v) is 6.28. The second kappa shape index (κ2) is 5.24. The Morgan fingerprint density at radius 3 is 2.88 bits per heavy atom. The molecule has 0 N–H and O–H groups in total. The molecule has 0 spiro atoms. The molecule has 1 fully saturated rings. The van der Waals surface area contributed by atoms with Gasteiger partial charge in [0.2, 0.25) is 0 Å². The fraction of sp³-hybridized carbons (Fsp3) is 0.571. The standard InChI is InChI=1S/C14H19NO/c1-2-11-7-3-4-8-12(11)14(16)13-9-5-6-10-15-13/h5-6,9-12H,2-4,7-8H2,1H3. The second-order valence-corrected chi connectivity index (χ2v) is 4.64. The molecule has 0 aromatic carbocycles. The van der Waals surface area contributed by atoms with Crippen LogP contribution in [0.25, 0.3) is 0 Å². The SMILES string of the molecule is CCC1CCCCC1C(=O)c1ccccn1. The molecule has 2 rings (SSSR count). The van der Waals surface area contributed by atoms with E-state index in [9.17, 15) is 4.79 Å². The third-order valence-electron chi connectivity index (χ3n) is 3.69. The summed E-state index contributed by atoms with van der Waals surface area (Å²) in [6.45, 7) is 2.19. The van der Waals surface area contributed by atoms with Crippen LogP contribution in [0.3, 0.4) is 0 Å². The summed E-state index contributed by atoms with van der Waals surface area (Å²) < 4.78 is 0. The molecule has 86 valence electrons. The molecule has 1 aromatic heterocycles. The molecule has 1 aliphatic rings. The van der Waals surface area contributed by atoms with Crippen molar-refractivity contribution < 1.29 is 4.79 Å². The molecule has 0 aliphatic heterocycles. The maximum atomic E-state index is 12.3. The fourth-order valence-electron chi connectivity index (χ4n) is 2.74. The number of hydrogen-bond donors (Lipinski definition) is 0. The van der Waals surface area contributed by atoms with E-state index in [1.807, 2.05) is 18.2 Å². The Balaban J connectivity index is 2.14. The molecule has 0 bridgehead atoms. The van der Waals surface area contributed by atoms with Gasteiger partial charge in [0.1, 0.15) is 5.69 Å². The number of rotatable bonds is 3. The van der Waals surface area contributed by atoms with E-state index in [1.165, 1.54) is 19.3 Å². The van der Waals surface area contributed by atoms with Gasteiger partial charge in [-0.1, -0.05) is 32.3 Å². The van der Waals surface area contributed by atoms with Gasteiger partial charge < -0.3 is 0 Å². The average molecular weight is 217 g/mol. The maximum absolute atomic E-state index is 12.3. The first-order valence-electron chi connectivity index (χ1n) is 6.28. The second-order valence-electron chi connectivity index (χ2n) is 4.64. The molecule has 0 radical (unpaired) electrons. The highest BCUT2D eigenvalue weighted by atomic mass is 16.1. The highest BCUT2D eigenvalue weighted by Gasteiger charge is 2.30. The zero-order valence-corrected chi connectivity index (χ0v) is 9.86. The largest absolute Gasteiger partial charge is 0.292 e. The van der Waals surface area contributed by atoms with E-state index in [0.717, 1.165) is 12.8 Å². The van der Waals surface area contributed by atoms with Crippen molar-refractivity contribution in [1.29, 1.82) is 0 Å². The van der Waals surface area contributed by atoms with Gasteiger partial charge in [0, 0.05) is 12.1 Å².